The Kier molecular flexibility index (Phi) is 4.15. The van der Waals surface area contributed by atoms with Crippen molar-refractivity contribution in [2.45, 2.75) is 10.8 Å². The number of carbonyl (C=O) groups is 2. The van der Waals surface area contributed by atoms with Gasteiger partial charge >= 0.3 is 5.97 Å². The molecule has 134 valence electrons. The number of hydrogen-bond donors (Lipinski definition) is 1. The molecule has 0 aromatic heterocycles. The molecular weight excluding hydrogens is 350 g/mol. The van der Waals surface area contributed by atoms with Gasteiger partial charge in [0.2, 0.25) is 0 Å². The van der Waals surface area contributed by atoms with Gasteiger partial charge in [-0.1, -0.05) is 30.3 Å². The van der Waals surface area contributed by atoms with Crippen molar-refractivity contribution in [3.8, 4) is 5.75 Å². The number of carboxylic acid groups (broad SMARTS) is 1. The topological polar surface area (TPSA) is 66.8 Å². The first-order valence-corrected chi connectivity index (χ1v) is 9.67. The largest absolute Gasteiger partial charge is 0.492 e. The number of thioether (sulfide) groups is 1. The highest BCUT2D eigenvalue weighted by atomic mass is 32.2. The molecule has 2 aliphatic heterocycles. The molecule has 1 fully saturated rings. The average Bonchev–Trinajstić information content (AvgIpc) is 3.09. The lowest BCUT2D eigenvalue weighted by Crippen LogP contribution is -2.46. The predicted molar refractivity (Wildman–Crippen MR) is 98.9 cm³/mol. The van der Waals surface area contributed by atoms with E-state index in [0.29, 0.717) is 17.9 Å². The van der Waals surface area contributed by atoms with Crippen molar-refractivity contribution in [1.82, 2.24) is 4.90 Å². The Hall–Kier alpha value is -2.47. The molecule has 0 unspecified atom stereocenters. The van der Waals surface area contributed by atoms with Crippen LogP contribution in [0.3, 0.4) is 0 Å². The number of aliphatic carboxylic acids is 1. The zero-order valence-electron chi connectivity index (χ0n) is 14.3. The predicted octanol–water partition coefficient (Wildman–Crippen LogP) is 3.11. The van der Waals surface area contributed by atoms with Crippen LogP contribution in [0.25, 0.3) is 0 Å². The van der Waals surface area contributed by atoms with Crippen LogP contribution in [-0.4, -0.2) is 47.8 Å². The number of likely N-dealkylation sites (tertiary alicyclic amines) is 1. The van der Waals surface area contributed by atoms with Crippen molar-refractivity contribution in [1.29, 1.82) is 0 Å². The van der Waals surface area contributed by atoms with Gasteiger partial charge < -0.3 is 14.7 Å². The summed E-state index contributed by atoms with van der Waals surface area (Å²) in [4.78, 5) is 27.9. The number of hydrogen-bond acceptors (Lipinski definition) is 4. The zero-order chi connectivity index (χ0) is 18.3. The highest BCUT2D eigenvalue weighted by Gasteiger charge is 2.57. The summed E-state index contributed by atoms with van der Waals surface area (Å²) in [6.45, 7) is 0.620. The van der Waals surface area contributed by atoms with Crippen molar-refractivity contribution < 1.29 is 19.4 Å². The van der Waals surface area contributed by atoms with Crippen LogP contribution in [0.4, 0.5) is 0 Å². The van der Waals surface area contributed by atoms with E-state index in [-0.39, 0.29) is 25.0 Å². The lowest BCUT2D eigenvalue weighted by atomic mass is 9.73. The van der Waals surface area contributed by atoms with Crippen molar-refractivity contribution in [2.75, 3.05) is 26.0 Å². The molecule has 2 aromatic carbocycles. The summed E-state index contributed by atoms with van der Waals surface area (Å²) in [6, 6.07) is 15.0. The first-order valence-electron chi connectivity index (χ1n) is 8.44. The number of nitrogens with zero attached hydrogens (tertiary/aromatic N) is 1. The third-order valence-electron chi connectivity index (χ3n) is 5.37. The van der Waals surface area contributed by atoms with E-state index in [4.69, 9.17) is 4.74 Å². The SMILES string of the molecule is CSc1ccccc1C(=O)N1C[C@@H]2c3ccccc3OC[C@]2(C(=O)O)C1. The number of amides is 1. The molecule has 1 amide bonds. The van der Waals surface area contributed by atoms with Gasteiger partial charge in [-0.25, -0.2) is 0 Å². The van der Waals surface area contributed by atoms with Crippen LogP contribution < -0.4 is 4.74 Å². The Labute approximate surface area is 156 Å². The standard InChI is InChI=1S/C20H19NO4S/c1-26-17-9-5-3-7-14(17)18(22)21-10-15-13-6-2-4-8-16(13)25-12-20(15,11-21)19(23)24/h2-9,15H,10-12H2,1H3,(H,23,24)/t15-,20-/m1/s1. The quantitative estimate of drug-likeness (QED) is 0.842. The van der Waals surface area contributed by atoms with Gasteiger partial charge in [-0.3, -0.25) is 9.59 Å². The molecule has 2 heterocycles. The summed E-state index contributed by atoms with van der Waals surface area (Å²) >= 11 is 1.51. The maximum absolute atomic E-state index is 13.1. The van der Waals surface area contributed by atoms with Crippen molar-refractivity contribution in [3.63, 3.8) is 0 Å². The second kappa shape index (κ2) is 6.36. The van der Waals surface area contributed by atoms with Gasteiger partial charge in [-0.05, 0) is 24.5 Å². The van der Waals surface area contributed by atoms with Gasteiger partial charge in [0.05, 0.1) is 5.56 Å². The molecule has 2 aliphatic rings. The highest BCUT2D eigenvalue weighted by Crippen LogP contribution is 2.50. The van der Waals surface area contributed by atoms with Crippen LogP contribution in [-0.2, 0) is 4.79 Å². The van der Waals surface area contributed by atoms with E-state index < -0.39 is 11.4 Å². The Bertz CT molecular complexity index is 884. The van der Waals surface area contributed by atoms with E-state index in [1.54, 1.807) is 11.0 Å². The second-order valence-corrected chi connectivity index (χ2v) is 7.57. The minimum absolute atomic E-state index is 0.0813. The van der Waals surface area contributed by atoms with Gasteiger partial charge in [-0.2, -0.15) is 0 Å². The van der Waals surface area contributed by atoms with Crippen LogP contribution in [0.15, 0.2) is 53.4 Å². The summed E-state index contributed by atoms with van der Waals surface area (Å²) < 4.78 is 5.76. The maximum atomic E-state index is 13.1. The summed E-state index contributed by atoms with van der Waals surface area (Å²) in [7, 11) is 0. The van der Waals surface area contributed by atoms with Gasteiger partial charge in [0.1, 0.15) is 17.8 Å². The fourth-order valence-electron chi connectivity index (χ4n) is 3.98. The van der Waals surface area contributed by atoms with E-state index in [2.05, 4.69) is 0 Å². The number of carbonyl (C=O) groups excluding carboxylic acids is 1. The fourth-order valence-corrected chi connectivity index (χ4v) is 4.57. The molecule has 0 saturated carbocycles. The molecule has 1 saturated heterocycles. The number of rotatable bonds is 3. The first kappa shape index (κ1) is 17.0. The number of ether oxygens (including phenoxy) is 1. The summed E-state index contributed by atoms with van der Waals surface area (Å²) in [5.41, 5.74) is 0.390. The van der Waals surface area contributed by atoms with Crippen molar-refractivity contribution >= 4 is 23.6 Å². The van der Waals surface area contributed by atoms with Crippen LogP contribution >= 0.6 is 11.8 Å². The fraction of sp³-hybridized carbons (Fsp3) is 0.300. The van der Waals surface area contributed by atoms with Gasteiger partial charge in [0.15, 0.2) is 0 Å². The molecule has 2 atom stereocenters. The van der Waals surface area contributed by atoms with Gasteiger partial charge in [-0.15, -0.1) is 11.8 Å². The van der Waals surface area contributed by atoms with Gasteiger partial charge in [0, 0.05) is 29.5 Å². The molecule has 26 heavy (non-hydrogen) atoms. The van der Waals surface area contributed by atoms with E-state index in [0.717, 1.165) is 10.5 Å². The van der Waals surface area contributed by atoms with E-state index in [1.807, 2.05) is 48.7 Å². The molecule has 0 aliphatic carbocycles. The number of carboxylic acids is 1. The van der Waals surface area contributed by atoms with E-state index in [9.17, 15) is 14.7 Å². The number of fused-ring (bicyclic) bond motifs is 3. The smallest absolute Gasteiger partial charge is 0.315 e. The van der Waals surface area contributed by atoms with E-state index in [1.165, 1.54) is 11.8 Å². The molecule has 0 spiro atoms. The summed E-state index contributed by atoms with van der Waals surface area (Å²) in [6.07, 6.45) is 1.93. The normalized spacial score (nSPS) is 23.7. The lowest BCUT2D eigenvalue weighted by molar-refractivity contribution is -0.151. The number of benzene rings is 2. The Morgan fingerprint density at radius 1 is 1.19 bits per heavy atom. The Morgan fingerprint density at radius 2 is 1.92 bits per heavy atom. The molecule has 6 heteroatoms. The third kappa shape index (κ3) is 2.48. The molecule has 2 aromatic rings. The van der Waals surface area contributed by atoms with E-state index >= 15 is 0 Å². The minimum Gasteiger partial charge on any atom is -0.492 e. The summed E-state index contributed by atoms with van der Waals surface area (Å²) in [5, 5.41) is 9.97. The first-order chi connectivity index (χ1) is 12.6. The van der Waals surface area contributed by atoms with Crippen LogP contribution in [0.1, 0.15) is 21.8 Å². The Balaban J connectivity index is 1.72. The molecule has 0 bridgehead atoms. The minimum atomic E-state index is -1.10. The maximum Gasteiger partial charge on any atom is 0.315 e. The lowest BCUT2D eigenvalue weighted by Gasteiger charge is -2.35. The molecule has 0 radical (unpaired) electrons. The summed E-state index contributed by atoms with van der Waals surface area (Å²) in [5.74, 6) is -0.587. The van der Waals surface area contributed by atoms with Crippen LogP contribution in [0, 0.1) is 5.41 Å². The third-order valence-corrected chi connectivity index (χ3v) is 6.17. The average molecular weight is 369 g/mol. The molecule has 1 N–H and O–H groups in total. The molecular formula is C20H19NO4S. The monoisotopic (exact) mass is 369 g/mol. The zero-order valence-corrected chi connectivity index (χ0v) is 15.2. The molecule has 5 nitrogen and oxygen atoms in total. The second-order valence-electron chi connectivity index (χ2n) is 6.73. The van der Waals surface area contributed by atoms with Crippen LogP contribution in [0.5, 0.6) is 5.75 Å². The van der Waals surface area contributed by atoms with Gasteiger partial charge in [0.25, 0.3) is 5.91 Å². The van der Waals surface area contributed by atoms with Crippen molar-refractivity contribution in [2.24, 2.45) is 5.41 Å². The Morgan fingerprint density at radius 3 is 2.69 bits per heavy atom. The van der Waals surface area contributed by atoms with Crippen LogP contribution in [0.2, 0.25) is 0 Å². The molecule has 4 rings (SSSR count). The highest BCUT2D eigenvalue weighted by molar-refractivity contribution is 7.98. The van der Waals surface area contributed by atoms with Crippen molar-refractivity contribution in [3.05, 3.63) is 59.7 Å². The number of para-hydroxylation sites is 1.